The number of phenols is 1. The Morgan fingerprint density at radius 2 is 1.75 bits per heavy atom. The number of ether oxygens (including phenoxy) is 6. The van der Waals surface area contributed by atoms with Crippen LogP contribution in [0.15, 0.2) is 92.3 Å². The van der Waals surface area contributed by atoms with Gasteiger partial charge in [-0.25, -0.2) is 4.98 Å². The molecule has 9 rings (SSSR count). The lowest BCUT2D eigenvalue weighted by Gasteiger charge is -2.33. The summed E-state index contributed by atoms with van der Waals surface area (Å²) in [5.41, 5.74) is 0.170. The van der Waals surface area contributed by atoms with Crippen LogP contribution in [0.3, 0.4) is 0 Å². The van der Waals surface area contributed by atoms with Gasteiger partial charge in [-0.1, -0.05) is 85.3 Å². The Balaban J connectivity index is 1.34. The number of aliphatic hydroxyl groups is 1. The molecule has 0 saturated carbocycles. The monoisotopic (exact) mass is 952 g/mol. The summed E-state index contributed by atoms with van der Waals surface area (Å²) in [6.07, 6.45) is 3.54. The van der Waals surface area contributed by atoms with E-state index in [0.717, 1.165) is 5.56 Å². The molecule has 5 heterocycles. The van der Waals surface area contributed by atoms with Gasteiger partial charge in [0.2, 0.25) is 5.43 Å². The zero-order valence-corrected chi connectivity index (χ0v) is 38.6. The molecule has 3 aromatic carbocycles. The number of nitrogens with one attached hydrogen (secondary N) is 1. The topological polar surface area (TPSA) is 202 Å². The van der Waals surface area contributed by atoms with Gasteiger partial charge in [0.05, 0.1) is 35.5 Å². The van der Waals surface area contributed by atoms with Crippen molar-refractivity contribution >= 4 is 61.1 Å². The molecule has 3 N–H and O–H groups in total. The van der Waals surface area contributed by atoms with Crippen LogP contribution >= 0.6 is 15.9 Å². The Labute approximate surface area is 382 Å². The molecule has 1 aliphatic carbocycles. The zero-order valence-electron chi connectivity index (χ0n) is 37.0. The number of aromatic hydroxyl groups is 1. The molecule has 1 saturated heterocycles. The number of nitrogens with zero attached hydrogens (tertiary/aromatic N) is 1. The van der Waals surface area contributed by atoms with Gasteiger partial charge in [0.1, 0.15) is 53.0 Å². The van der Waals surface area contributed by atoms with E-state index in [2.05, 4.69) is 21.2 Å². The SMILES string of the molecule is CO[C@H]1/C=C/O[C@@]2(C)Oc3c(C)c(O)c4c(=O)c(c5oc6cc(Br)cc(OCc7ccccc7)c6nc-5c4c3C2=O)NC(=O)/C(C)=C\C=C\[C@H](C)[C@@H]2O[C@H]([C@H](O)[C@@H]2C)[C@H](OC(C)=O)[C@@H]1C. The number of esters is 1. The Hall–Kier alpha value is -6.07. The molecular weight excluding hydrogens is 904 g/mol. The minimum atomic E-state index is -2.06. The van der Waals surface area contributed by atoms with Crippen molar-refractivity contribution < 1.29 is 57.4 Å². The van der Waals surface area contributed by atoms with Crippen LogP contribution in [0.2, 0.25) is 0 Å². The number of methoxy groups -OCH3 is 1. The van der Waals surface area contributed by atoms with Gasteiger partial charge in [0.15, 0.2) is 11.3 Å². The van der Waals surface area contributed by atoms with E-state index in [9.17, 15) is 29.4 Å². The molecule has 65 heavy (non-hydrogen) atoms. The first-order valence-electron chi connectivity index (χ1n) is 21.2. The quantitative estimate of drug-likeness (QED) is 0.0867. The summed E-state index contributed by atoms with van der Waals surface area (Å²) in [7, 11) is 1.45. The fraction of sp³-hybridized carbons (Fsp3) is 0.367. The van der Waals surface area contributed by atoms with Crippen LogP contribution in [-0.4, -0.2) is 76.3 Å². The molecule has 340 valence electrons. The van der Waals surface area contributed by atoms with Crippen molar-refractivity contribution in [3.05, 3.63) is 110 Å². The average Bonchev–Trinajstić information content (AvgIpc) is 3.72. The van der Waals surface area contributed by atoms with Crippen molar-refractivity contribution in [2.45, 2.75) is 91.4 Å². The van der Waals surface area contributed by atoms with Crippen molar-refractivity contribution in [2.75, 3.05) is 12.4 Å². The van der Waals surface area contributed by atoms with Crippen LogP contribution in [0, 0.1) is 24.7 Å². The van der Waals surface area contributed by atoms with E-state index < -0.39 is 77.0 Å². The first-order valence-corrected chi connectivity index (χ1v) is 22.0. The van der Waals surface area contributed by atoms with Crippen LogP contribution < -0.4 is 20.2 Å². The minimum Gasteiger partial charge on any atom is -0.507 e. The molecule has 0 aromatic heterocycles. The van der Waals surface area contributed by atoms with Crippen LogP contribution in [0.25, 0.3) is 33.3 Å². The van der Waals surface area contributed by atoms with Crippen LogP contribution in [0.4, 0.5) is 5.69 Å². The molecule has 0 unspecified atom stereocenters. The first kappa shape index (κ1) is 45.5. The number of benzene rings is 4. The van der Waals surface area contributed by atoms with E-state index in [0.29, 0.717) is 10.2 Å². The summed E-state index contributed by atoms with van der Waals surface area (Å²) in [6.45, 7) is 11.4. The molecule has 15 nitrogen and oxygen atoms in total. The lowest BCUT2D eigenvalue weighted by atomic mass is 9.86. The first-order chi connectivity index (χ1) is 30.9. The summed E-state index contributed by atoms with van der Waals surface area (Å²) in [5, 5.41) is 25.7. The van der Waals surface area contributed by atoms with Gasteiger partial charge >= 0.3 is 11.8 Å². The lowest BCUT2D eigenvalue weighted by molar-refractivity contribution is -0.168. The number of carbonyl (C=O) groups excluding carboxylic acids is 3. The molecule has 3 aromatic rings. The molecule has 9 atom stereocenters. The lowest BCUT2D eigenvalue weighted by Crippen LogP contribution is -2.46. The number of Topliss-reactive ketones (excluding diaryl/α,β-unsaturated/α-hetero) is 1. The van der Waals surface area contributed by atoms with E-state index in [1.807, 2.05) is 50.3 Å². The third kappa shape index (κ3) is 8.17. The summed E-state index contributed by atoms with van der Waals surface area (Å²) >= 11 is 3.53. The smallest absolute Gasteiger partial charge is 0.312 e. The standard InChI is InChI=1S/C49H49BrN2O13/c1-22-13-12-14-23(2)48(58)52-38-41(56)34-33(37-45(38)63-32-20-29(50)19-31(36(32)51-37)60-21-28-15-10-9-11-16-28)35-43(25(4)39(34)54)65-49(7,47(35)57)61-18-17-30(59-8)24(3)44(62-27(6)53)46-40(55)26(5)42(22)64-46/h9-20,22,24,26,30,40,42,44,46,54-55H,21H2,1-8H3,(H,52,58)/b13-12+,18-17+,23-14-/t22-,24+,26-,30-,40+,42-,44+,46+,49-/m0/s1. The number of fused-ring (bicyclic) bond motifs is 9. The highest BCUT2D eigenvalue weighted by atomic mass is 79.9. The fourth-order valence-corrected chi connectivity index (χ4v) is 9.28. The number of hydrogen-bond donors (Lipinski definition) is 3. The van der Waals surface area contributed by atoms with Gasteiger partial charge in [0, 0.05) is 59.7 Å². The number of aliphatic hydroxyl groups excluding tert-OH is 1. The Morgan fingerprint density at radius 1 is 1.02 bits per heavy atom. The van der Waals surface area contributed by atoms with Crippen LogP contribution in [0.5, 0.6) is 17.2 Å². The fourth-order valence-electron chi connectivity index (χ4n) is 8.87. The molecule has 5 aliphatic heterocycles. The van der Waals surface area contributed by atoms with Crippen LogP contribution in [-0.2, 0) is 35.1 Å². The Kier molecular flexibility index (Phi) is 12.4. The van der Waals surface area contributed by atoms with E-state index in [1.165, 1.54) is 40.2 Å². The molecule has 16 heteroatoms. The van der Waals surface area contributed by atoms with E-state index in [1.54, 1.807) is 38.1 Å². The zero-order chi connectivity index (χ0) is 46.6. The predicted molar refractivity (Wildman–Crippen MR) is 243 cm³/mol. The molecule has 1 amide bonds. The molecule has 0 spiro atoms. The van der Waals surface area contributed by atoms with Gasteiger partial charge in [-0.3, -0.25) is 19.2 Å². The third-order valence-corrected chi connectivity index (χ3v) is 12.9. The van der Waals surface area contributed by atoms with Gasteiger partial charge in [0.25, 0.3) is 11.7 Å². The number of rotatable bonds is 5. The normalized spacial score (nSPS) is 28.8. The largest absolute Gasteiger partial charge is 0.507 e. The highest BCUT2D eigenvalue weighted by Gasteiger charge is 2.51. The van der Waals surface area contributed by atoms with Crippen molar-refractivity contribution in [2.24, 2.45) is 17.8 Å². The second-order valence-corrected chi connectivity index (χ2v) is 17.9. The van der Waals surface area contributed by atoms with Crippen molar-refractivity contribution in [3.63, 3.8) is 0 Å². The van der Waals surface area contributed by atoms with Crippen molar-refractivity contribution in [1.29, 1.82) is 0 Å². The number of allylic oxidation sites excluding steroid dienone is 2. The number of ketones is 1. The number of carbonyl (C=O) groups is 3. The number of amides is 1. The van der Waals surface area contributed by atoms with Crippen molar-refractivity contribution in [3.8, 4) is 28.7 Å². The number of phenolic OH excluding ortho intramolecular Hbond substituents is 1. The maximum Gasteiger partial charge on any atom is 0.312 e. The van der Waals surface area contributed by atoms with Gasteiger partial charge in [-0.2, -0.15) is 0 Å². The maximum absolute atomic E-state index is 14.8. The maximum atomic E-state index is 14.8. The summed E-state index contributed by atoms with van der Waals surface area (Å²) in [4.78, 5) is 61.2. The summed E-state index contributed by atoms with van der Waals surface area (Å²) < 4.78 is 43.9. The average molecular weight is 954 g/mol. The molecule has 6 aliphatic rings. The van der Waals surface area contributed by atoms with Crippen molar-refractivity contribution in [1.82, 2.24) is 4.98 Å². The van der Waals surface area contributed by atoms with E-state index in [4.69, 9.17) is 37.8 Å². The Bertz CT molecular complexity index is 2850. The summed E-state index contributed by atoms with van der Waals surface area (Å²) in [5.74, 6) is -5.81. The minimum absolute atomic E-state index is 0.0533. The third-order valence-electron chi connectivity index (χ3n) is 12.5. The number of anilines is 1. The second-order valence-electron chi connectivity index (χ2n) is 17.0. The number of aromatic nitrogens is 1. The molecule has 1 fully saturated rings. The highest BCUT2D eigenvalue weighted by molar-refractivity contribution is 9.10. The van der Waals surface area contributed by atoms with Crippen LogP contribution in [0.1, 0.15) is 63.0 Å². The molecule has 0 radical (unpaired) electrons. The van der Waals surface area contributed by atoms with Gasteiger partial charge < -0.3 is 48.4 Å². The molecule has 7 bridgehead atoms. The highest BCUT2D eigenvalue weighted by Crippen LogP contribution is 2.51. The van der Waals surface area contributed by atoms with E-state index in [-0.39, 0.29) is 74.0 Å². The Morgan fingerprint density at radius 3 is 2.46 bits per heavy atom. The molecular formula is C49H49BrN2O13. The number of hydrogen-bond acceptors (Lipinski definition) is 14. The van der Waals surface area contributed by atoms with Gasteiger partial charge in [-0.05, 0) is 37.6 Å². The van der Waals surface area contributed by atoms with E-state index >= 15 is 0 Å². The number of halogens is 1. The predicted octanol–water partition coefficient (Wildman–Crippen LogP) is 8.06. The second kappa shape index (κ2) is 17.7. The van der Waals surface area contributed by atoms with Gasteiger partial charge in [-0.15, -0.1) is 0 Å². The summed E-state index contributed by atoms with van der Waals surface area (Å²) in [6, 6.07) is 12.8.